The zero-order valence-electron chi connectivity index (χ0n) is 15.8. The van der Waals surface area contributed by atoms with Crippen molar-refractivity contribution in [3.63, 3.8) is 0 Å². The van der Waals surface area contributed by atoms with Crippen LogP contribution in [0.3, 0.4) is 0 Å². The van der Waals surface area contributed by atoms with Crippen molar-refractivity contribution in [3.05, 3.63) is 53.6 Å². The summed E-state index contributed by atoms with van der Waals surface area (Å²) in [6, 6.07) is 9.76. The molecule has 1 atom stereocenters. The number of carbonyl (C=O) groups is 1. The van der Waals surface area contributed by atoms with E-state index >= 15 is 0 Å². The summed E-state index contributed by atoms with van der Waals surface area (Å²) >= 11 is 0. The molecule has 0 radical (unpaired) electrons. The Bertz CT molecular complexity index is 918. The van der Waals surface area contributed by atoms with Crippen LogP contribution in [0.15, 0.2) is 42.5 Å². The average Bonchev–Trinajstić information content (AvgIpc) is 3.08. The van der Waals surface area contributed by atoms with Crippen molar-refractivity contribution in [1.82, 2.24) is 4.90 Å². The number of nitrogens with zero attached hydrogens (tertiary/aromatic N) is 1. The molecule has 2 aliphatic heterocycles. The van der Waals surface area contributed by atoms with E-state index in [4.69, 9.17) is 5.73 Å². The molecule has 4 rings (SSSR count). The van der Waals surface area contributed by atoms with Crippen LogP contribution in [-0.2, 0) is 10.3 Å². The van der Waals surface area contributed by atoms with Gasteiger partial charge in [-0.05, 0) is 23.8 Å². The Morgan fingerprint density at radius 2 is 1.55 bits per heavy atom. The Labute approximate surface area is 165 Å². The van der Waals surface area contributed by atoms with Crippen molar-refractivity contribution in [3.8, 4) is 5.75 Å². The number of likely N-dealkylation sites (tertiary alicyclic amines) is 1. The molecule has 0 saturated carbocycles. The second kappa shape index (κ2) is 6.91. The molecule has 2 aromatic carbocycles. The number of para-hydroxylation sites is 1. The largest absolute Gasteiger partial charge is 0.508 e. The number of carbonyl (C=O) groups excluding carboxylic acids is 1. The maximum absolute atomic E-state index is 14.0. The van der Waals surface area contributed by atoms with Gasteiger partial charge in [-0.15, -0.1) is 0 Å². The van der Waals surface area contributed by atoms with Crippen molar-refractivity contribution in [1.29, 1.82) is 0 Å². The molecule has 9 heteroatoms. The number of aromatic hydroxyl groups is 1. The first-order valence-electron chi connectivity index (χ1n) is 9.10. The highest BCUT2D eigenvalue weighted by Gasteiger charge is 2.68. The van der Waals surface area contributed by atoms with Crippen molar-refractivity contribution in [2.24, 2.45) is 0 Å². The number of rotatable bonds is 2. The molecule has 29 heavy (non-hydrogen) atoms. The molecule has 2 aromatic rings. The van der Waals surface area contributed by atoms with Crippen molar-refractivity contribution >= 4 is 17.3 Å². The number of amides is 1. The molecule has 2 heterocycles. The van der Waals surface area contributed by atoms with Crippen LogP contribution in [0.5, 0.6) is 5.75 Å². The number of fused-ring (bicyclic) bond motifs is 1. The predicted molar refractivity (Wildman–Crippen MR) is 101 cm³/mol. The third-order valence-corrected chi connectivity index (χ3v) is 5.13. The molecule has 0 spiro atoms. The van der Waals surface area contributed by atoms with Gasteiger partial charge < -0.3 is 16.2 Å². The smallest absolute Gasteiger partial charge is 0.323 e. The first kappa shape index (κ1) is 20.9. The van der Waals surface area contributed by atoms with Gasteiger partial charge in [-0.1, -0.05) is 38.1 Å². The van der Waals surface area contributed by atoms with Crippen LogP contribution in [0.2, 0.25) is 0 Å². The maximum atomic E-state index is 14.0. The van der Waals surface area contributed by atoms with Crippen LogP contribution < -0.4 is 11.1 Å². The fraction of sp³-hybridized carbons (Fsp3) is 0.350. The molecule has 5 nitrogen and oxygen atoms in total. The normalized spacial score (nSPS) is 24.4. The lowest BCUT2D eigenvalue weighted by molar-refractivity contribution is -0.172. The lowest BCUT2D eigenvalue weighted by Gasteiger charge is -2.37. The predicted octanol–water partition coefficient (Wildman–Crippen LogP) is 3.78. The minimum atomic E-state index is -4.29. The second-order valence-electron chi connectivity index (χ2n) is 6.75. The minimum absolute atomic E-state index is 0.114. The fourth-order valence-corrected chi connectivity index (χ4v) is 3.83. The molecular formula is C20H21F4N3O2. The van der Waals surface area contributed by atoms with E-state index in [-0.39, 0.29) is 28.3 Å². The van der Waals surface area contributed by atoms with E-state index in [1.54, 1.807) is 0 Å². The second-order valence-corrected chi connectivity index (χ2v) is 6.75. The van der Waals surface area contributed by atoms with Gasteiger partial charge in [0, 0.05) is 5.56 Å². The Morgan fingerprint density at radius 3 is 2.10 bits per heavy atom. The van der Waals surface area contributed by atoms with E-state index in [1.165, 1.54) is 42.5 Å². The summed E-state index contributed by atoms with van der Waals surface area (Å²) in [6.45, 7) is 1.39. The molecule has 4 N–H and O–H groups in total. The maximum Gasteiger partial charge on any atom is 0.323 e. The Hall–Kier alpha value is -2.81. The van der Waals surface area contributed by atoms with Crippen LogP contribution in [0.4, 0.5) is 28.9 Å². The number of halogens is 4. The van der Waals surface area contributed by atoms with Crippen LogP contribution >= 0.6 is 0 Å². The van der Waals surface area contributed by atoms with Gasteiger partial charge in [0.2, 0.25) is 0 Å². The number of phenolic OH excluding ortho intramolecular Hbond substituents is 1. The van der Waals surface area contributed by atoms with E-state index < -0.39 is 36.4 Å². The summed E-state index contributed by atoms with van der Waals surface area (Å²) in [4.78, 5) is 13.8. The quantitative estimate of drug-likeness (QED) is 0.519. The van der Waals surface area contributed by atoms with Crippen molar-refractivity contribution in [2.75, 3.05) is 24.1 Å². The number of anilines is 2. The number of nitrogens with two attached hydrogens (primary N) is 1. The fourth-order valence-electron chi connectivity index (χ4n) is 3.83. The van der Waals surface area contributed by atoms with E-state index in [0.29, 0.717) is 0 Å². The SMILES string of the molecule is CC.Nc1cccc2c1NC(=O)C2(c1ccc(O)cc1)N1CC(F)(F)C(F)(F)C1. The lowest BCUT2D eigenvalue weighted by atomic mass is 9.82. The molecule has 0 aromatic heterocycles. The van der Waals surface area contributed by atoms with Gasteiger partial charge in [-0.3, -0.25) is 9.69 Å². The lowest BCUT2D eigenvalue weighted by Crippen LogP contribution is -2.51. The Kier molecular flexibility index (Phi) is 4.98. The van der Waals surface area contributed by atoms with Crippen LogP contribution in [0.25, 0.3) is 0 Å². The molecule has 1 saturated heterocycles. The van der Waals surface area contributed by atoms with Gasteiger partial charge in [-0.2, -0.15) is 17.6 Å². The van der Waals surface area contributed by atoms with E-state index in [2.05, 4.69) is 5.32 Å². The molecule has 0 bridgehead atoms. The molecule has 2 aliphatic rings. The van der Waals surface area contributed by atoms with Gasteiger partial charge in [0.1, 0.15) is 5.75 Å². The highest BCUT2D eigenvalue weighted by Crippen LogP contribution is 2.53. The summed E-state index contributed by atoms with van der Waals surface area (Å²) in [6.07, 6.45) is 0. The first-order valence-corrected chi connectivity index (χ1v) is 9.10. The molecule has 1 amide bonds. The van der Waals surface area contributed by atoms with Gasteiger partial charge in [0.25, 0.3) is 5.91 Å². The number of hydrogen-bond donors (Lipinski definition) is 3. The Morgan fingerprint density at radius 1 is 1.00 bits per heavy atom. The highest BCUT2D eigenvalue weighted by atomic mass is 19.3. The average molecular weight is 411 g/mol. The molecule has 1 unspecified atom stereocenters. The van der Waals surface area contributed by atoms with Gasteiger partial charge in [-0.25, -0.2) is 0 Å². The third-order valence-electron chi connectivity index (χ3n) is 5.13. The Balaban J connectivity index is 0.00000117. The molecule has 0 aliphatic carbocycles. The monoisotopic (exact) mass is 411 g/mol. The standard InChI is InChI=1S/C18H15F4N3O2.C2H6/c19-16(20)8-25(9-17(16,21)22)18(10-4-6-11(26)7-5-10)12-2-1-3-13(23)14(12)24-15(18)27;1-2/h1-7,26H,8-9,23H2,(H,24,27);1-2H3. The summed E-state index contributed by atoms with van der Waals surface area (Å²) < 4.78 is 55.9. The molecular weight excluding hydrogens is 390 g/mol. The van der Waals surface area contributed by atoms with Crippen LogP contribution in [0.1, 0.15) is 25.0 Å². The van der Waals surface area contributed by atoms with Gasteiger partial charge >= 0.3 is 11.8 Å². The summed E-state index contributed by atoms with van der Waals surface area (Å²) in [5.74, 6) is -9.45. The van der Waals surface area contributed by atoms with Crippen molar-refractivity contribution < 1.29 is 27.5 Å². The molecule has 156 valence electrons. The first-order chi connectivity index (χ1) is 13.6. The van der Waals surface area contributed by atoms with Gasteiger partial charge in [0.05, 0.1) is 24.5 Å². The number of phenols is 1. The van der Waals surface area contributed by atoms with E-state index in [1.807, 2.05) is 13.8 Å². The highest BCUT2D eigenvalue weighted by molar-refractivity contribution is 6.10. The number of nitrogens with one attached hydrogen (secondary N) is 1. The zero-order chi connectivity index (χ0) is 21.6. The zero-order valence-corrected chi connectivity index (χ0v) is 15.8. The number of nitrogen functional groups attached to an aromatic ring is 1. The van der Waals surface area contributed by atoms with Crippen molar-refractivity contribution in [2.45, 2.75) is 31.2 Å². The van der Waals surface area contributed by atoms with Crippen LogP contribution in [-0.4, -0.2) is 40.8 Å². The summed E-state index contributed by atoms with van der Waals surface area (Å²) in [5.41, 5.74) is 4.77. The number of hydrogen-bond acceptors (Lipinski definition) is 4. The summed E-state index contributed by atoms with van der Waals surface area (Å²) in [5, 5.41) is 12.1. The summed E-state index contributed by atoms with van der Waals surface area (Å²) in [7, 11) is 0. The number of alkyl halides is 4. The van der Waals surface area contributed by atoms with E-state index in [0.717, 1.165) is 4.90 Å². The van der Waals surface area contributed by atoms with Gasteiger partial charge in [0.15, 0.2) is 5.54 Å². The topological polar surface area (TPSA) is 78.6 Å². The third kappa shape index (κ3) is 2.91. The van der Waals surface area contributed by atoms with E-state index in [9.17, 15) is 27.5 Å². The number of benzene rings is 2. The minimum Gasteiger partial charge on any atom is -0.508 e. The van der Waals surface area contributed by atoms with Crippen LogP contribution in [0, 0.1) is 0 Å². The molecule has 1 fully saturated rings.